The third kappa shape index (κ3) is 2.82. The van der Waals surface area contributed by atoms with Crippen molar-refractivity contribution in [3.05, 3.63) is 24.4 Å². The number of H-pyrrole nitrogens is 1. The van der Waals surface area contributed by atoms with Crippen LogP contribution in [0.15, 0.2) is 24.4 Å². The van der Waals surface area contributed by atoms with Crippen molar-refractivity contribution in [2.24, 2.45) is 5.73 Å². The zero-order valence-corrected chi connectivity index (χ0v) is 11.5. The van der Waals surface area contributed by atoms with E-state index in [-0.39, 0.29) is 11.4 Å². The topological polar surface area (TPSA) is 83.8 Å². The summed E-state index contributed by atoms with van der Waals surface area (Å²) >= 11 is 0. The molecule has 1 saturated carbocycles. The highest BCUT2D eigenvalue weighted by Gasteiger charge is 2.29. The molecule has 1 aliphatic carbocycles. The number of nitrogens with two attached hydrogens (primary N) is 1. The molecule has 0 saturated heterocycles. The Hall–Kier alpha value is -1.88. The van der Waals surface area contributed by atoms with Crippen LogP contribution in [-0.2, 0) is 4.79 Å². The molecule has 1 aromatic heterocycles. The van der Waals surface area contributed by atoms with Crippen LogP contribution < -0.4 is 11.1 Å². The van der Waals surface area contributed by atoms with Gasteiger partial charge in [0.2, 0.25) is 5.91 Å². The van der Waals surface area contributed by atoms with E-state index in [4.69, 9.17) is 5.73 Å². The molecule has 2 aromatic rings. The van der Waals surface area contributed by atoms with Gasteiger partial charge in [0.15, 0.2) is 0 Å². The Morgan fingerprint density at radius 3 is 2.95 bits per heavy atom. The number of carbonyl (C=O) groups excluding carboxylic acids is 1. The van der Waals surface area contributed by atoms with Crippen LogP contribution in [-0.4, -0.2) is 21.6 Å². The molecular weight excluding hydrogens is 252 g/mol. The summed E-state index contributed by atoms with van der Waals surface area (Å²) in [4.78, 5) is 12.1. The van der Waals surface area contributed by atoms with E-state index < -0.39 is 0 Å². The maximum absolute atomic E-state index is 12.1. The van der Waals surface area contributed by atoms with E-state index in [1.165, 1.54) is 6.42 Å². The molecule has 0 unspecified atom stereocenters. The number of fused-ring (bicyclic) bond motifs is 1. The number of rotatable bonds is 3. The molecule has 1 heterocycles. The summed E-state index contributed by atoms with van der Waals surface area (Å²) in [5, 5.41) is 10.8. The molecule has 0 radical (unpaired) electrons. The molecule has 5 nitrogen and oxygen atoms in total. The van der Waals surface area contributed by atoms with E-state index in [1.54, 1.807) is 6.20 Å². The number of amides is 1. The fourth-order valence-electron chi connectivity index (χ4n) is 2.98. The van der Waals surface area contributed by atoms with Crippen LogP contribution >= 0.6 is 0 Å². The first-order valence-corrected chi connectivity index (χ1v) is 7.17. The molecule has 106 valence electrons. The van der Waals surface area contributed by atoms with Crippen LogP contribution in [0.4, 0.5) is 5.69 Å². The summed E-state index contributed by atoms with van der Waals surface area (Å²) in [5.41, 5.74) is 7.75. The van der Waals surface area contributed by atoms with Crippen molar-refractivity contribution in [2.75, 3.05) is 5.32 Å². The minimum atomic E-state index is -0.317. The Morgan fingerprint density at radius 2 is 2.15 bits per heavy atom. The number of nitrogens with zero attached hydrogens (tertiary/aromatic N) is 1. The third-order valence-corrected chi connectivity index (χ3v) is 4.09. The van der Waals surface area contributed by atoms with Crippen LogP contribution in [0.25, 0.3) is 10.9 Å². The lowest BCUT2D eigenvalue weighted by Crippen LogP contribution is -2.44. The number of benzene rings is 1. The van der Waals surface area contributed by atoms with Gasteiger partial charge in [-0.1, -0.05) is 19.3 Å². The second-order valence-corrected chi connectivity index (χ2v) is 5.82. The van der Waals surface area contributed by atoms with Crippen molar-refractivity contribution in [3.8, 4) is 0 Å². The van der Waals surface area contributed by atoms with Gasteiger partial charge >= 0.3 is 0 Å². The number of hydrogen-bond acceptors (Lipinski definition) is 3. The zero-order chi connectivity index (χ0) is 14.0. The van der Waals surface area contributed by atoms with Crippen molar-refractivity contribution in [1.82, 2.24) is 10.2 Å². The average molecular weight is 272 g/mol. The second kappa shape index (κ2) is 5.25. The molecule has 1 aromatic carbocycles. The molecule has 0 atom stereocenters. The highest BCUT2D eigenvalue weighted by Crippen LogP contribution is 2.29. The van der Waals surface area contributed by atoms with Gasteiger partial charge in [-0.2, -0.15) is 5.10 Å². The van der Waals surface area contributed by atoms with Crippen molar-refractivity contribution in [2.45, 2.75) is 44.1 Å². The van der Waals surface area contributed by atoms with E-state index in [1.807, 2.05) is 18.2 Å². The molecule has 0 spiro atoms. The second-order valence-electron chi connectivity index (χ2n) is 5.82. The normalized spacial score (nSPS) is 18.1. The van der Waals surface area contributed by atoms with Gasteiger partial charge in [0.25, 0.3) is 0 Å². The minimum absolute atomic E-state index is 0.00255. The standard InChI is InChI=1S/C15H20N4O/c16-15(6-2-1-3-7-15)9-14(20)18-12-4-5-13-11(8-12)10-17-19-13/h4-5,8,10H,1-3,6-7,9,16H2,(H,17,19)(H,18,20). The summed E-state index contributed by atoms with van der Waals surface area (Å²) in [6.45, 7) is 0. The average Bonchev–Trinajstić information content (AvgIpc) is 2.86. The molecule has 1 fully saturated rings. The molecule has 5 heteroatoms. The smallest absolute Gasteiger partial charge is 0.226 e. The monoisotopic (exact) mass is 272 g/mol. The lowest BCUT2D eigenvalue weighted by atomic mass is 9.80. The van der Waals surface area contributed by atoms with E-state index in [2.05, 4.69) is 15.5 Å². The van der Waals surface area contributed by atoms with Gasteiger partial charge in [0.05, 0.1) is 11.7 Å². The fourth-order valence-corrected chi connectivity index (χ4v) is 2.98. The largest absolute Gasteiger partial charge is 0.326 e. The van der Waals surface area contributed by atoms with Crippen LogP contribution in [0.5, 0.6) is 0 Å². The number of nitrogens with one attached hydrogen (secondary N) is 2. The molecule has 4 N–H and O–H groups in total. The first kappa shape index (κ1) is 13.1. The molecule has 3 rings (SSSR count). The summed E-state index contributed by atoms with van der Waals surface area (Å²) in [6, 6.07) is 5.71. The third-order valence-electron chi connectivity index (χ3n) is 4.09. The predicted octanol–water partition coefficient (Wildman–Crippen LogP) is 2.55. The van der Waals surface area contributed by atoms with Crippen molar-refractivity contribution in [3.63, 3.8) is 0 Å². The highest BCUT2D eigenvalue weighted by atomic mass is 16.1. The zero-order valence-electron chi connectivity index (χ0n) is 11.5. The van der Waals surface area contributed by atoms with Gasteiger partial charge in [-0.3, -0.25) is 9.89 Å². The maximum Gasteiger partial charge on any atom is 0.226 e. The number of carbonyl (C=O) groups is 1. The molecule has 1 aliphatic rings. The Morgan fingerprint density at radius 1 is 1.35 bits per heavy atom. The van der Waals surface area contributed by atoms with Gasteiger partial charge < -0.3 is 11.1 Å². The van der Waals surface area contributed by atoms with Crippen molar-refractivity contribution >= 4 is 22.5 Å². The first-order chi connectivity index (χ1) is 9.65. The van der Waals surface area contributed by atoms with Crippen molar-refractivity contribution in [1.29, 1.82) is 0 Å². The quantitative estimate of drug-likeness (QED) is 0.802. The summed E-state index contributed by atoms with van der Waals surface area (Å²) < 4.78 is 0. The summed E-state index contributed by atoms with van der Waals surface area (Å²) in [5.74, 6) is -0.00255. The molecule has 0 aliphatic heterocycles. The van der Waals surface area contributed by atoms with Gasteiger partial charge in [-0.05, 0) is 31.0 Å². The van der Waals surface area contributed by atoms with E-state index >= 15 is 0 Å². The molecule has 0 bridgehead atoms. The van der Waals surface area contributed by atoms with Crippen LogP contribution in [0.3, 0.4) is 0 Å². The molecule has 1 amide bonds. The lowest BCUT2D eigenvalue weighted by molar-refractivity contribution is -0.117. The number of anilines is 1. The lowest BCUT2D eigenvalue weighted by Gasteiger charge is -2.32. The number of aromatic nitrogens is 2. The number of hydrogen-bond donors (Lipinski definition) is 3. The Bertz CT molecular complexity index is 613. The predicted molar refractivity (Wildman–Crippen MR) is 79.3 cm³/mol. The van der Waals surface area contributed by atoms with Crippen molar-refractivity contribution < 1.29 is 4.79 Å². The molecular formula is C15H20N4O. The van der Waals surface area contributed by atoms with E-state index in [9.17, 15) is 4.79 Å². The summed E-state index contributed by atoms with van der Waals surface area (Å²) in [7, 11) is 0. The van der Waals surface area contributed by atoms with Gasteiger partial charge in [0.1, 0.15) is 0 Å². The van der Waals surface area contributed by atoms with E-state index in [0.717, 1.165) is 42.3 Å². The van der Waals surface area contributed by atoms with Gasteiger partial charge in [0, 0.05) is 23.0 Å². The van der Waals surface area contributed by atoms with Crippen LogP contribution in [0.2, 0.25) is 0 Å². The van der Waals surface area contributed by atoms with Crippen LogP contribution in [0, 0.1) is 0 Å². The Balaban J connectivity index is 1.65. The SMILES string of the molecule is NC1(CC(=O)Nc2ccc3[nH]ncc3c2)CCCCC1. The molecule has 20 heavy (non-hydrogen) atoms. The van der Waals surface area contributed by atoms with Crippen LogP contribution in [0.1, 0.15) is 38.5 Å². The Labute approximate surface area is 117 Å². The van der Waals surface area contributed by atoms with Gasteiger partial charge in [-0.25, -0.2) is 0 Å². The first-order valence-electron chi connectivity index (χ1n) is 7.17. The maximum atomic E-state index is 12.1. The Kier molecular flexibility index (Phi) is 3.44. The van der Waals surface area contributed by atoms with E-state index in [0.29, 0.717) is 6.42 Å². The fraction of sp³-hybridized carbons (Fsp3) is 0.467. The summed E-state index contributed by atoms with van der Waals surface area (Å²) in [6.07, 6.45) is 7.53. The minimum Gasteiger partial charge on any atom is -0.326 e. The number of aromatic amines is 1. The van der Waals surface area contributed by atoms with Gasteiger partial charge in [-0.15, -0.1) is 0 Å². The highest BCUT2D eigenvalue weighted by molar-refractivity contribution is 5.94.